The van der Waals surface area contributed by atoms with Crippen LogP contribution in [-0.2, 0) is 4.79 Å². The van der Waals surface area contributed by atoms with Crippen LogP contribution in [0.15, 0.2) is 73.3 Å². The number of hydrogen-bond acceptors (Lipinski definition) is 2. The molecular weight excluding hydrogens is 260 g/mol. The molecule has 0 fully saturated rings. The molecule has 0 spiro atoms. The second-order valence-electron chi connectivity index (χ2n) is 4.59. The fraction of sp³-hybridized carbons (Fsp3) is 0.0526. The molecular formula is C19H16O2. The summed E-state index contributed by atoms with van der Waals surface area (Å²) in [5.41, 5.74) is 2.29. The highest BCUT2D eigenvalue weighted by Gasteiger charge is 2.07. The number of carbonyl (C=O) groups excluding carboxylic acids is 2. The van der Waals surface area contributed by atoms with Crippen LogP contribution in [0.1, 0.15) is 27.9 Å². The summed E-state index contributed by atoms with van der Waals surface area (Å²) in [7, 11) is 0. The number of rotatable bonds is 6. The van der Waals surface area contributed by atoms with Crippen LogP contribution in [0.4, 0.5) is 0 Å². The molecule has 0 aliphatic rings. The van der Waals surface area contributed by atoms with Crippen molar-refractivity contribution >= 4 is 17.6 Å². The summed E-state index contributed by atoms with van der Waals surface area (Å²) >= 11 is 0. The molecule has 21 heavy (non-hydrogen) atoms. The Labute approximate surface area is 124 Å². The molecule has 0 radical (unpaired) electrons. The van der Waals surface area contributed by atoms with E-state index in [-0.39, 0.29) is 11.6 Å². The molecule has 2 heteroatoms. The van der Waals surface area contributed by atoms with Gasteiger partial charge in [-0.1, -0.05) is 73.3 Å². The van der Waals surface area contributed by atoms with E-state index in [1.54, 1.807) is 30.3 Å². The normalized spacial score (nSPS) is 10.5. The van der Waals surface area contributed by atoms with Crippen LogP contribution in [0.3, 0.4) is 0 Å². The van der Waals surface area contributed by atoms with Crippen LogP contribution >= 0.6 is 0 Å². The van der Waals surface area contributed by atoms with Gasteiger partial charge in [0.1, 0.15) is 0 Å². The molecule has 0 N–H and O–H groups in total. The van der Waals surface area contributed by atoms with Crippen molar-refractivity contribution in [2.45, 2.75) is 6.42 Å². The third kappa shape index (κ3) is 4.11. The van der Waals surface area contributed by atoms with E-state index in [4.69, 9.17) is 0 Å². The fourth-order valence-electron chi connectivity index (χ4n) is 1.90. The maximum absolute atomic E-state index is 12.2. The highest BCUT2D eigenvalue weighted by atomic mass is 16.1. The van der Waals surface area contributed by atoms with Crippen molar-refractivity contribution in [3.05, 3.63) is 90.0 Å². The van der Waals surface area contributed by atoms with Gasteiger partial charge in [-0.3, -0.25) is 9.59 Å². The lowest BCUT2D eigenvalue weighted by atomic mass is 10.0. The Morgan fingerprint density at radius 2 is 1.52 bits per heavy atom. The summed E-state index contributed by atoms with van der Waals surface area (Å²) in [4.78, 5) is 23.3. The highest BCUT2D eigenvalue weighted by Crippen LogP contribution is 2.12. The molecule has 2 aromatic carbocycles. The second-order valence-corrected chi connectivity index (χ2v) is 4.59. The van der Waals surface area contributed by atoms with E-state index in [0.717, 1.165) is 5.56 Å². The van der Waals surface area contributed by atoms with Crippen LogP contribution < -0.4 is 0 Å². The van der Waals surface area contributed by atoms with E-state index >= 15 is 0 Å². The van der Waals surface area contributed by atoms with Crippen molar-refractivity contribution in [2.24, 2.45) is 0 Å². The standard InChI is InChI=1S/C19H16O2/c1-2-18(20)10-6-7-15-11-13-17(14-12-15)19(21)16-8-4-3-5-9-16/h2-9,11-14H,1,10H2/b7-6+. The average Bonchev–Trinajstić information content (AvgIpc) is 2.55. The van der Waals surface area contributed by atoms with Crippen molar-refractivity contribution in [3.8, 4) is 0 Å². The van der Waals surface area contributed by atoms with Crippen molar-refractivity contribution in [1.82, 2.24) is 0 Å². The van der Waals surface area contributed by atoms with E-state index in [9.17, 15) is 9.59 Å². The Morgan fingerprint density at radius 1 is 0.905 bits per heavy atom. The lowest BCUT2D eigenvalue weighted by Gasteiger charge is -2.01. The fourth-order valence-corrected chi connectivity index (χ4v) is 1.90. The van der Waals surface area contributed by atoms with Crippen molar-refractivity contribution in [3.63, 3.8) is 0 Å². The first-order chi connectivity index (χ1) is 10.2. The van der Waals surface area contributed by atoms with Gasteiger partial charge in [-0.05, 0) is 11.6 Å². The summed E-state index contributed by atoms with van der Waals surface area (Å²) < 4.78 is 0. The lowest BCUT2D eigenvalue weighted by Crippen LogP contribution is -2.00. The smallest absolute Gasteiger partial charge is 0.193 e. The quantitative estimate of drug-likeness (QED) is 0.588. The summed E-state index contributed by atoms with van der Waals surface area (Å²) in [6, 6.07) is 16.5. The Kier molecular flexibility index (Phi) is 4.99. The maximum Gasteiger partial charge on any atom is 0.193 e. The lowest BCUT2D eigenvalue weighted by molar-refractivity contribution is -0.113. The maximum atomic E-state index is 12.2. The van der Waals surface area contributed by atoms with Gasteiger partial charge in [0.2, 0.25) is 0 Å². The zero-order valence-electron chi connectivity index (χ0n) is 11.7. The van der Waals surface area contributed by atoms with Gasteiger partial charge in [-0.25, -0.2) is 0 Å². The molecule has 2 nitrogen and oxygen atoms in total. The monoisotopic (exact) mass is 276 g/mol. The molecule has 0 aliphatic carbocycles. The predicted molar refractivity (Wildman–Crippen MR) is 85.2 cm³/mol. The number of allylic oxidation sites excluding steroid dienone is 2. The van der Waals surface area contributed by atoms with E-state index < -0.39 is 0 Å². The molecule has 104 valence electrons. The average molecular weight is 276 g/mol. The molecule has 2 aromatic rings. The minimum absolute atomic E-state index is 0.00737. The van der Waals surface area contributed by atoms with Gasteiger partial charge < -0.3 is 0 Å². The summed E-state index contributed by atoms with van der Waals surface area (Å²) in [5, 5.41) is 0. The number of hydrogen-bond donors (Lipinski definition) is 0. The molecule has 0 saturated heterocycles. The van der Waals surface area contributed by atoms with Gasteiger partial charge in [-0.2, -0.15) is 0 Å². The Balaban J connectivity index is 2.07. The van der Waals surface area contributed by atoms with Crippen LogP contribution in [0, 0.1) is 0 Å². The Bertz CT molecular complexity index is 664. The number of carbonyl (C=O) groups is 2. The van der Waals surface area contributed by atoms with Gasteiger partial charge in [0.05, 0.1) is 0 Å². The van der Waals surface area contributed by atoms with Gasteiger partial charge in [-0.15, -0.1) is 0 Å². The molecule has 0 saturated carbocycles. The third-order valence-corrected chi connectivity index (χ3v) is 3.07. The van der Waals surface area contributed by atoms with E-state index in [0.29, 0.717) is 17.5 Å². The van der Waals surface area contributed by atoms with E-state index in [1.165, 1.54) is 6.08 Å². The highest BCUT2D eigenvalue weighted by molar-refractivity contribution is 6.09. The van der Waals surface area contributed by atoms with E-state index in [1.807, 2.05) is 36.4 Å². The van der Waals surface area contributed by atoms with Gasteiger partial charge in [0.15, 0.2) is 11.6 Å². The third-order valence-electron chi connectivity index (χ3n) is 3.07. The molecule has 0 aromatic heterocycles. The van der Waals surface area contributed by atoms with Crippen molar-refractivity contribution in [2.75, 3.05) is 0 Å². The van der Waals surface area contributed by atoms with Crippen molar-refractivity contribution in [1.29, 1.82) is 0 Å². The largest absolute Gasteiger partial charge is 0.295 e. The van der Waals surface area contributed by atoms with Crippen LogP contribution in [0.25, 0.3) is 6.08 Å². The van der Waals surface area contributed by atoms with Crippen LogP contribution in [-0.4, -0.2) is 11.6 Å². The topological polar surface area (TPSA) is 34.1 Å². The minimum Gasteiger partial charge on any atom is -0.295 e. The first-order valence-electron chi connectivity index (χ1n) is 6.72. The molecule has 0 heterocycles. The Morgan fingerprint density at radius 3 is 2.14 bits per heavy atom. The molecule has 2 rings (SSSR count). The SMILES string of the molecule is C=CC(=O)C/C=C/c1ccc(C(=O)c2ccccc2)cc1. The van der Waals surface area contributed by atoms with Crippen molar-refractivity contribution < 1.29 is 9.59 Å². The molecule has 0 atom stereocenters. The van der Waals surface area contributed by atoms with Crippen LogP contribution in [0.2, 0.25) is 0 Å². The zero-order valence-corrected chi connectivity index (χ0v) is 11.7. The molecule has 0 aliphatic heterocycles. The van der Waals surface area contributed by atoms with E-state index in [2.05, 4.69) is 6.58 Å². The number of benzene rings is 2. The van der Waals surface area contributed by atoms with Gasteiger partial charge in [0.25, 0.3) is 0 Å². The summed E-state index contributed by atoms with van der Waals surface area (Å²) in [6.07, 6.45) is 5.30. The van der Waals surface area contributed by atoms with Gasteiger partial charge in [0, 0.05) is 17.5 Å². The first-order valence-corrected chi connectivity index (χ1v) is 6.72. The first kappa shape index (κ1) is 14.7. The second kappa shape index (κ2) is 7.15. The molecule has 0 amide bonds. The minimum atomic E-state index is -0.0119. The Hall–Kier alpha value is -2.74. The van der Waals surface area contributed by atoms with Gasteiger partial charge >= 0.3 is 0 Å². The zero-order chi connectivity index (χ0) is 15.1. The predicted octanol–water partition coefficient (Wildman–Crippen LogP) is 4.08. The number of ketones is 2. The molecule has 0 bridgehead atoms. The summed E-state index contributed by atoms with van der Waals surface area (Å²) in [5.74, 6) is -0.00455. The van der Waals surface area contributed by atoms with Crippen LogP contribution in [0.5, 0.6) is 0 Å². The molecule has 0 unspecified atom stereocenters. The summed E-state index contributed by atoms with van der Waals surface area (Å²) in [6.45, 7) is 3.43.